The monoisotopic (exact) mass is 297 g/mol. The van der Waals surface area contributed by atoms with Gasteiger partial charge in [0, 0.05) is 6.42 Å². The molecule has 0 rings (SSSR count). The molecule has 0 aromatic carbocycles. The highest BCUT2D eigenvalue weighted by atomic mass is 16.4. The van der Waals surface area contributed by atoms with Gasteiger partial charge in [0.1, 0.15) is 0 Å². The van der Waals surface area contributed by atoms with Crippen molar-refractivity contribution in [2.45, 2.75) is 110 Å². The molecule has 0 aliphatic rings. The van der Waals surface area contributed by atoms with Crippen LogP contribution < -0.4 is 0 Å². The molecule has 0 saturated heterocycles. The van der Waals surface area contributed by atoms with Crippen LogP contribution in [0.5, 0.6) is 0 Å². The summed E-state index contributed by atoms with van der Waals surface area (Å²) in [5, 5.41) is 8.52. The zero-order valence-electron chi connectivity index (χ0n) is 14.2. The Hall–Kier alpha value is -0.530. The zero-order valence-corrected chi connectivity index (χ0v) is 14.2. The van der Waals surface area contributed by atoms with Crippen molar-refractivity contribution >= 4 is 5.97 Å². The van der Waals surface area contributed by atoms with Crippen LogP contribution in [-0.4, -0.2) is 11.1 Å². The predicted octanol–water partition coefficient (Wildman–Crippen LogP) is 6.54. The molecule has 1 N–H and O–H groups in total. The number of carboxylic acids is 1. The fraction of sp³-hybridized carbons (Fsp3) is 0.895. The van der Waals surface area contributed by atoms with Gasteiger partial charge in [-0.1, -0.05) is 96.8 Å². The Bertz CT molecular complexity index is 202. The van der Waals surface area contributed by atoms with E-state index in [0.29, 0.717) is 6.42 Å². The molecule has 0 aliphatic carbocycles. The fourth-order valence-corrected chi connectivity index (χ4v) is 2.65. The van der Waals surface area contributed by atoms with Gasteiger partial charge in [-0.15, -0.1) is 0 Å². The summed E-state index contributed by atoms with van der Waals surface area (Å²) < 4.78 is 0. The third kappa shape index (κ3) is 21.9. The molecule has 0 aliphatic heterocycles. The molecule has 2 nitrogen and oxygen atoms in total. The van der Waals surface area contributed by atoms with Crippen molar-refractivity contribution in [1.82, 2.24) is 0 Å². The van der Waals surface area contributed by atoms with Gasteiger partial charge < -0.3 is 5.11 Å². The topological polar surface area (TPSA) is 37.3 Å². The van der Waals surface area contributed by atoms with E-state index in [0.717, 1.165) is 12.8 Å². The molecule has 0 unspecified atom stereocenters. The molecule has 0 aromatic rings. The van der Waals surface area contributed by atoms with Crippen LogP contribution in [0.2, 0.25) is 0 Å². The van der Waals surface area contributed by atoms with Crippen LogP contribution >= 0.6 is 0 Å². The number of hydrogen-bond donors (Lipinski definition) is 1. The summed E-state index contributed by atoms with van der Waals surface area (Å²) in [5.41, 5.74) is 0. The maximum Gasteiger partial charge on any atom is 0.303 e. The molecule has 21 heavy (non-hydrogen) atoms. The number of carboxylic acid groups (broad SMARTS) is 1. The van der Waals surface area contributed by atoms with E-state index in [9.17, 15) is 4.79 Å². The minimum atomic E-state index is -0.653. The maximum atomic E-state index is 10.3. The van der Waals surface area contributed by atoms with E-state index < -0.39 is 5.97 Å². The summed E-state index contributed by atoms with van der Waals surface area (Å²) in [6.45, 7) is 2.27. The van der Waals surface area contributed by atoms with Crippen LogP contribution in [0.15, 0.2) is 0 Å². The molecular weight excluding hydrogens is 260 g/mol. The Morgan fingerprint density at radius 1 is 0.619 bits per heavy atom. The summed E-state index contributed by atoms with van der Waals surface area (Å²) >= 11 is 0. The molecule has 0 aromatic heterocycles. The van der Waals surface area contributed by atoms with Crippen LogP contribution in [0, 0.1) is 7.43 Å². The van der Waals surface area contributed by atoms with E-state index in [2.05, 4.69) is 6.92 Å². The van der Waals surface area contributed by atoms with Gasteiger partial charge in [0.15, 0.2) is 0 Å². The molecule has 2 heteroatoms. The largest absolute Gasteiger partial charge is 0.481 e. The lowest BCUT2D eigenvalue weighted by atomic mass is 10.0. The molecule has 3 radical (unpaired) electrons. The Kier molecular flexibility index (Phi) is 21.1. The van der Waals surface area contributed by atoms with Gasteiger partial charge in [-0.05, 0) is 13.8 Å². The number of unbranched alkanes of at least 4 members (excludes halogenated alkanes) is 14. The normalized spacial score (nSPS) is 10.3. The quantitative estimate of drug-likeness (QED) is 0.328. The van der Waals surface area contributed by atoms with Crippen molar-refractivity contribution in [2.24, 2.45) is 0 Å². The van der Waals surface area contributed by atoms with Crippen molar-refractivity contribution in [1.29, 1.82) is 0 Å². The molecule has 0 amide bonds. The number of rotatable bonds is 16. The van der Waals surface area contributed by atoms with Crippen molar-refractivity contribution in [3.05, 3.63) is 7.43 Å². The molecule has 0 saturated carbocycles. The van der Waals surface area contributed by atoms with Gasteiger partial charge in [-0.25, -0.2) is 0 Å². The van der Waals surface area contributed by atoms with Crippen LogP contribution in [0.3, 0.4) is 0 Å². The van der Waals surface area contributed by atoms with E-state index in [-0.39, 0.29) is 7.43 Å². The van der Waals surface area contributed by atoms with Crippen LogP contribution in [0.25, 0.3) is 0 Å². The van der Waals surface area contributed by atoms with Crippen LogP contribution in [0.4, 0.5) is 0 Å². The first kappa shape index (κ1) is 22.7. The lowest BCUT2D eigenvalue weighted by Crippen LogP contribution is -1.93. The smallest absolute Gasteiger partial charge is 0.303 e. The zero-order chi connectivity index (χ0) is 14.9. The second kappa shape index (κ2) is 19.5. The lowest BCUT2D eigenvalue weighted by Gasteiger charge is -2.03. The molecular formula is C19H37O2. The number of hydrogen-bond acceptors (Lipinski definition) is 1. The van der Waals surface area contributed by atoms with Gasteiger partial charge in [0.05, 0.1) is 0 Å². The maximum absolute atomic E-state index is 10.3. The van der Waals surface area contributed by atoms with E-state index in [4.69, 9.17) is 5.11 Å². The Labute approximate surface area is 133 Å². The Balaban J connectivity index is 0. The van der Waals surface area contributed by atoms with Crippen molar-refractivity contribution in [3.8, 4) is 0 Å². The van der Waals surface area contributed by atoms with Gasteiger partial charge >= 0.3 is 5.97 Å². The second-order valence-electron chi connectivity index (χ2n) is 6.09. The first-order valence-corrected chi connectivity index (χ1v) is 8.99. The summed E-state index contributed by atoms with van der Waals surface area (Å²) in [5.74, 6) is -0.653. The van der Waals surface area contributed by atoms with Crippen molar-refractivity contribution < 1.29 is 9.90 Å². The van der Waals surface area contributed by atoms with E-state index >= 15 is 0 Å². The van der Waals surface area contributed by atoms with Gasteiger partial charge in [-0.2, -0.15) is 0 Å². The average Bonchev–Trinajstić information content (AvgIpc) is 2.43. The third-order valence-corrected chi connectivity index (χ3v) is 3.99. The highest BCUT2D eigenvalue weighted by Crippen LogP contribution is 2.13. The molecule has 125 valence electrons. The summed E-state index contributed by atoms with van der Waals surface area (Å²) in [7, 11) is 0. The second-order valence-corrected chi connectivity index (χ2v) is 6.09. The first-order valence-electron chi connectivity index (χ1n) is 8.99. The van der Waals surface area contributed by atoms with Gasteiger partial charge in [0.25, 0.3) is 0 Å². The number of aliphatic carboxylic acids is 1. The average molecular weight is 298 g/mol. The van der Waals surface area contributed by atoms with E-state index in [1.54, 1.807) is 0 Å². The summed E-state index contributed by atoms with van der Waals surface area (Å²) in [6, 6.07) is 0. The SMILES string of the molecule is CCCCCCCCCCCCCCCCCC(=O)O.[CH]. The summed E-state index contributed by atoms with van der Waals surface area (Å²) in [4.78, 5) is 10.3. The minimum absolute atomic E-state index is 0. The first-order chi connectivity index (χ1) is 9.77. The van der Waals surface area contributed by atoms with Crippen molar-refractivity contribution in [3.63, 3.8) is 0 Å². The van der Waals surface area contributed by atoms with Gasteiger partial charge in [0.2, 0.25) is 0 Å². The van der Waals surface area contributed by atoms with E-state index in [1.807, 2.05) is 0 Å². The molecule has 0 atom stereocenters. The molecule has 0 spiro atoms. The number of carbonyl (C=O) groups is 1. The third-order valence-electron chi connectivity index (χ3n) is 3.99. The molecule has 0 bridgehead atoms. The highest BCUT2D eigenvalue weighted by molar-refractivity contribution is 5.66. The van der Waals surface area contributed by atoms with Crippen LogP contribution in [-0.2, 0) is 4.79 Å². The summed E-state index contributed by atoms with van der Waals surface area (Å²) in [6.07, 6.45) is 20.2. The molecule has 0 heterocycles. The predicted molar refractivity (Wildman–Crippen MR) is 91.5 cm³/mol. The fourth-order valence-electron chi connectivity index (χ4n) is 2.65. The Morgan fingerprint density at radius 3 is 1.19 bits per heavy atom. The minimum Gasteiger partial charge on any atom is -0.481 e. The van der Waals surface area contributed by atoms with Crippen molar-refractivity contribution in [2.75, 3.05) is 0 Å². The standard InChI is InChI=1S/C18H36O2.CH/c1-2-3-4-5-6-7-8-9-10-11-12-13-14-15-16-17-18(19)20;/h2-17H2,1H3,(H,19,20);1H. The lowest BCUT2D eigenvalue weighted by molar-refractivity contribution is -0.137. The van der Waals surface area contributed by atoms with E-state index in [1.165, 1.54) is 83.5 Å². The van der Waals surface area contributed by atoms with Gasteiger partial charge in [-0.3, -0.25) is 4.79 Å². The highest BCUT2D eigenvalue weighted by Gasteiger charge is 1.97. The molecule has 0 fully saturated rings. The Morgan fingerprint density at radius 2 is 0.905 bits per heavy atom. The van der Waals surface area contributed by atoms with Crippen LogP contribution in [0.1, 0.15) is 110 Å².